The molecule has 112 valence electrons. The SMILES string of the molecule is COC(C1CC1)C(Cc1cccc(C(F)(F)F)c1)NN. The largest absolute Gasteiger partial charge is 0.416 e. The van der Waals surface area contributed by atoms with Crippen LogP contribution in [0.15, 0.2) is 24.3 Å². The molecule has 20 heavy (non-hydrogen) atoms. The van der Waals surface area contributed by atoms with Crippen LogP contribution in [0.1, 0.15) is 24.0 Å². The number of rotatable bonds is 6. The fourth-order valence-electron chi connectivity index (χ4n) is 2.51. The minimum Gasteiger partial charge on any atom is -0.379 e. The minimum atomic E-state index is -4.32. The third-order valence-corrected chi connectivity index (χ3v) is 3.68. The van der Waals surface area contributed by atoms with E-state index in [2.05, 4.69) is 5.43 Å². The highest BCUT2D eigenvalue weighted by Gasteiger charge is 2.37. The van der Waals surface area contributed by atoms with Crippen molar-refractivity contribution in [1.29, 1.82) is 0 Å². The molecule has 0 bridgehead atoms. The highest BCUT2D eigenvalue weighted by Crippen LogP contribution is 2.36. The monoisotopic (exact) mass is 288 g/mol. The van der Waals surface area contributed by atoms with Crippen LogP contribution in [0.25, 0.3) is 0 Å². The van der Waals surface area contributed by atoms with Gasteiger partial charge in [0.25, 0.3) is 0 Å². The molecule has 1 aromatic carbocycles. The zero-order chi connectivity index (χ0) is 14.8. The Morgan fingerprint density at radius 2 is 2.10 bits per heavy atom. The van der Waals surface area contributed by atoms with Gasteiger partial charge in [-0.15, -0.1) is 0 Å². The van der Waals surface area contributed by atoms with Gasteiger partial charge >= 0.3 is 6.18 Å². The van der Waals surface area contributed by atoms with Crippen LogP contribution in [-0.4, -0.2) is 19.3 Å². The van der Waals surface area contributed by atoms with E-state index in [4.69, 9.17) is 10.6 Å². The van der Waals surface area contributed by atoms with Crippen LogP contribution >= 0.6 is 0 Å². The van der Waals surface area contributed by atoms with Crippen LogP contribution < -0.4 is 11.3 Å². The Balaban J connectivity index is 2.11. The Labute approximate surface area is 116 Å². The molecule has 1 aliphatic rings. The van der Waals surface area contributed by atoms with Crippen molar-refractivity contribution in [3.8, 4) is 0 Å². The summed E-state index contributed by atoms with van der Waals surface area (Å²) in [5.41, 5.74) is 2.64. The molecule has 1 fully saturated rings. The number of hydrazine groups is 1. The molecule has 2 unspecified atom stereocenters. The fourth-order valence-corrected chi connectivity index (χ4v) is 2.51. The lowest BCUT2D eigenvalue weighted by molar-refractivity contribution is -0.137. The highest BCUT2D eigenvalue weighted by molar-refractivity contribution is 5.26. The maximum Gasteiger partial charge on any atom is 0.416 e. The van der Waals surface area contributed by atoms with Crippen molar-refractivity contribution < 1.29 is 17.9 Å². The highest BCUT2D eigenvalue weighted by atomic mass is 19.4. The molecule has 6 heteroatoms. The summed E-state index contributed by atoms with van der Waals surface area (Å²) < 4.78 is 43.5. The Bertz CT molecular complexity index is 446. The summed E-state index contributed by atoms with van der Waals surface area (Å²) in [5, 5.41) is 0. The van der Waals surface area contributed by atoms with Crippen LogP contribution in [0.5, 0.6) is 0 Å². The maximum absolute atomic E-state index is 12.7. The Hall–Kier alpha value is -1.11. The van der Waals surface area contributed by atoms with Crippen LogP contribution in [0, 0.1) is 5.92 Å². The van der Waals surface area contributed by atoms with Crippen molar-refractivity contribution in [2.75, 3.05) is 7.11 Å². The zero-order valence-corrected chi connectivity index (χ0v) is 11.3. The van der Waals surface area contributed by atoms with E-state index in [0.29, 0.717) is 17.9 Å². The summed E-state index contributed by atoms with van der Waals surface area (Å²) in [6.45, 7) is 0. The van der Waals surface area contributed by atoms with Gasteiger partial charge in [-0.1, -0.05) is 18.2 Å². The summed E-state index contributed by atoms with van der Waals surface area (Å²) in [7, 11) is 1.61. The molecule has 0 heterocycles. The van der Waals surface area contributed by atoms with E-state index >= 15 is 0 Å². The van der Waals surface area contributed by atoms with Crippen molar-refractivity contribution >= 4 is 0 Å². The van der Waals surface area contributed by atoms with Gasteiger partial charge in [0.2, 0.25) is 0 Å². The Kier molecular flexibility index (Phi) is 4.67. The summed E-state index contributed by atoms with van der Waals surface area (Å²) >= 11 is 0. The lowest BCUT2D eigenvalue weighted by Gasteiger charge is -2.25. The molecule has 3 N–H and O–H groups in total. The van der Waals surface area contributed by atoms with Crippen molar-refractivity contribution in [2.24, 2.45) is 11.8 Å². The van der Waals surface area contributed by atoms with Gasteiger partial charge in [-0.2, -0.15) is 13.2 Å². The van der Waals surface area contributed by atoms with Crippen molar-refractivity contribution in [1.82, 2.24) is 5.43 Å². The summed E-state index contributed by atoms with van der Waals surface area (Å²) in [6.07, 6.45) is -1.80. The van der Waals surface area contributed by atoms with E-state index in [1.165, 1.54) is 12.1 Å². The standard InChI is InChI=1S/C14H19F3N2O/c1-20-13(10-5-6-10)12(19-18)8-9-3-2-4-11(7-9)14(15,16)17/h2-4,7,10,12-13,19H,5-6,8,18H2,1H3. The molecule has 3 nitrogen and oxygen atoms in total. The van der Waals surface area contributed by atoms with Crippen LogP contribution in [-0.2, 0) is 17.3 Å². The molecule has 0 aliphatic heterocycles. The number of alkyl halides is 3. The smallest absolute Gasteiger partial charge is 0.379 e. The average molecular weight is 288 g/mol. The normalized spacial score (nSPS) is 18.9. The lowest BCUT2D eigenvalue weighted by Crippen LogP contribution is -2.47. The molecular weight excluding hydrogens is 269 g/mol. The first-order chi connectivity index (χ1) is 9.45. The second kappa shape index (κ2) is 6.11. The van der Waals surface area contributed by atoms with Crippen LogP contribution in [0.3, 0.4) is 0 Å². The molecule has 0 radical (unpaired) electrons. The Morgan fingerprint density at radius 1 is 1.40 bits per heavy atom. The van der Waals surface area contributed by atoms with E-state index in [9.17, 15) is 13.2 Å². The number of nitrogens with one attached hydrogen (secondary N) is 1. The van der Waals surface area contributed by atoms with E-state index in [1.807, 2.05) is 0 Å². The second-order valence-electron chi connectivity index (χ2n) is 5.21. The molecule has 1 aromatic rings. The minimum absolute atomic E-state index is 0.0606. The number of halogens is 3. The molecule has 2 rings (SSSR count). The van der Waals surface area contributed by atoms with Crippen LogP contribution in [0.2, 0.25) is 0 Å². The lowest BCUT2D eigenvalue weighted by atomic mass is 9.97. The maximum atomic E-state index is 12.7. The third-order valence-electron chi connectivity index (χ3n) is 3.68. The first kappa shape index (κ1) is 15.3. The molecular formula is C14H19F3N2O. The first-order valence-electron chi connectivity index (χ1n) is 6.60. The quantitative estimate of drug-likeness (QED) is 0.624. The molecule has 0 spiro atoms. The van der Waals surface area contributed by atoms with E-state index < -0.39 is 11.7 Å². The average Bonchev–Trinajstić information content (AvgIpc) is 3.22. The van der Waals surface area contributed by atoms with Gasteiger partial charge in [0, 0.05) is 7.11 Å². The molecule has 0 aromatic heterocycles. The summed E-state index contributed by atoms with van der Waals surface area (Å²) in [6, 6.07) is 5.16. The van der Waals surface area contributed by atoms with Crippen molar-refractivity contribution in [2.45, 2.75) is 37.6 Å². The van der Waals surface area contributed by atoms with E-state index in [0.717, 1.165) is 18.9 Å². The number of nitrogens with two attached hydrogens (primary N) is 1. The second-order valence-corrected chi connectivity index (χ2v) is 5.21. The third kappa shape index (κ3) is 3.71. The topological polar surface area (TPSA) is 47.3 Å². The molecule has 0 saturated heterocycles. The predicted octanol–water partition coefficient (Wildman–Crippen LogP) is 2.50. The molecule has 2 atom stereocenters. The predicted molar refractivity (Wildman–Crippen MR) is 69.8 cm³/mol. The van der Waals surface area contributed by atoms with Gasteiger partial charge < -0.3 is 4.74 Å². The van der Waals surface area contributed by atoms with E-state index in [1.54, 1.807) is 13.2 Å². The van der Waals surface area contributed by atoms with Crippen molar-refractivity contribution in [3.05, 3.63) is 35.4 Å². The van der Waals surface area contributed by atoms with Gasteiger partial charge in [-0.05, 0) is 36.8 Å². The first-order valence-corrected chi connectivity index (χ1v) is 6.60. The molecule has 0 amide bonds. The van der Waals surface area contributed by atoms with Gasteiger partial charge in [0.15, 0.2) is 0 Å². The van der Waals surface area contributed by atoms with Crippen LogP contribution in [0.4, 0.5) is 13.2 Å². The fraction of sp³-hybridized carbons (Fsp3) is 0.571. The van der Waals surface area contributed by atoms with Gasteiger partial charge in [-0.25, -0.2) is 0 Å². The zero-order valence-electron chi connectivity index (χ0n) is 11.3. The van der Waals surface area contributed by atoms with E-state index in [-0.39, 0.29) is 12.1 Å². The Morgan fingerprint density at radius 3 is 2.60 bits per heavy atom. The van der Waals surface area contributed by atoms with Gasteiger partial charge in [-0.3, -0.25) is 11.3 Å². The van der Waals surface area contributed by atoms with Gasteiger partial charge in [0.05, 0.1) is 17.7 Å². The summed E-state index contributed by atoms with van der Waals surface area (Å²) in [5.74, 6) is 5.99. The molecule has 1 aliphatic carbocycles. The molecule has 1 saturated carbocycles. The van der Waals surface area contributed by atoms with Gasteiger partial charge in [0.1, 0.15) is 0 Å². The number of hydrogen-bond donors (Lipinski definition) is 2. The number of ether oxygens (including phenoxy) is 1. The number of methoxy groups -OCH3 is 1. The number of hydrogen-bond acceptors (Lipinski definition) is 3. The summed E-state index contributed by atoms with van der Waals surface area (Å²) in [4.78, 5) is 0. The van der Waals surface area contributed by atoms with Crippen molar-refractivity contribution in [3.63, 3.8) is 0 Å². The number of benzene rings is 1.